The third-order valence-electron chi connectivity index (χ3n) is 3.27. The molecule has 19 heavy (non-hydrogen) atoms. The molecular weight excluding hydrogens is 262 g/mol. The van der Waals surface area contributed by atoms with Gasteiger partial charge < -0.3 is 9.84 Å². The summed E-state index contributed by atoms with van der Waals surface area (Å²) in [7, 11) is 0. The minimum atomic E-state index is -0.834. The maximum absolute atomic E-state index is 10.9. The van der Waals surface area contributed by atoms with Crippen molar-refractivity contribution in [3.05, 3.63) is 21.9 Å². The van der Waals surface area contributed by atoms with Gasteiger partial charge in [0, 0.05) is 24.6 Å². The molecule has 0 aromatic carbocycles. The van der Waals surface area contributed by atoms with Crippen LogP contribution in [0.5, 0.6) is 0 Å². The summed E-state index contributed by atoms with van der Waals surface area (Å²) < 4.78 is 5.81. The number of aromatic carboxylic acids is 1. The Labute approximate surface area is 118 Å². The van der Waals surface area contributed by atoms with Crippen molar-refractivity contribution in [1.29, 1.82) is 0 Å². The Morgan fingerprint density at radius 1 is 1.58 bits per heavy atom. The molecule has 2 rings (SSSR count). The van der Waals surface area contributed by atoms with Gasteiger partial charge in [-0.15, -0.1) is 11.3 Å². The standard InChI is InChI=1S/C14H21NO3S/c1-2-8-18-11-4-3-7-15(9-11)10-12-5-6-13(19-12)14(16)17/h5-6,11H,2-4,7-10H2,1H3,(H,16,17). The second kappa shape index (κ2) is 7.03. The number of thiophene rings is 1. The molecule has 0 bridgehead atoms. The summed E-state index contributed by atoms with van der Waals surface area (Å²) in [6.07, 6.45) is 3.70. The lowest BCUT2D eigenvalue weighted by atomic mass is 10.1. The molecule has 1 N–H and O–H groups in total. The molecule has 1 fully saturated rings. The third-order valence-corrected chi connectivity index (χ3v) is 4.33. The first kappa shape index (κ1) is 14.5. The van der Waals surface area contributed by atoms with E-state index in [0.717, 1.165) is 50.4 Å². The number of ether oxygens (including phenoxy) is 1. The summed E-state index contributed by atoms with van der Waals surface area (Å²) in [6.45, 7) is 5.83. The van der Waals surface area contributed by atoms with E-state index in [9.17, 15) is 4.79 Å². The lowest BCUT2D eigenvalue weighted by Gasteiger charge is -2.32. The molecule has 0 aliphatic carbocycles. The van der Waals surface area contributed by atoms with Gasteiger partial charge in [-0.1, -0.05) is 6.92 Å². The molecule has 0 spiro atoms. The minimum Gasteiger partial charge on any atom is -0.477 e. The van der Waals surface area contributed by atoms with Crippen LogP contribution in [0.25, 0.3) is 0 Å². The van der Waals surface area contributed by atoms with Gasteiger partial charge in [0.15, 0.2) is 0 Å². The van der Waals surface area contributed by atoms with Crippen molar-refractivity contribution < 1.29 is 14.6 Å². The van der Waals surface area contributed by atoms with E-state index in [4.69, 9.17) is 9.84 Å². The highest BCUT2D eigenvalue weighted by molar-refractivity contribution is 7.13. The van der Waals surface area contributed by atoms with E-state index in [1.165, 1.54) is 11.3 Å². The number of carboxylic acids is 1. The van der Waals surface area contributed by atoms with Crippen molar-refractivity contribution in [2.45, 2.75) is 38.8 Å². The number of piperidine rings is 1. The lowest BCUT2D eigenvalue weighted by Crippen LogP contribution is -2.39. The van der Waals surface area contributed by atoms with Crippen LogP contribution in [0.1, 0.15) is 40.7 Å². The number of nitrogens with zero attached hydrogens (tertiary/aromatic N) is 1. The van der Waals surface area contributed by atoms with Crippen LogP contribution in [0.2, 0.25) is 0 Å². The Hall–Kier alpha value is -0.910. The van der Waals surface area contributed by atoms with E-state index in [1.807, 2.05) is 6.07 Å². The van der Waals surface area contributed by atoms with Crippen LogP contribution >= 0.6 is 11.3 Å². The zero-order valence-corrected chi connectivity index (χ0v) is 12.1. The van der Waals surface area contributed by atoms with Crippen LogP contribution in [0.3, 0.4) is 0 Å². The van der Waals surface area contributed by atoms with Crippen molar-refractivity contribution in [1.82, 2.24) is 4.90 Å². The fraction of sp³-hybridized carbons (Fsp3) is 0.643. The molecule has 0 saturated carbocycles. The van der Waals surface area contributed by atoms with Gasteiger partial charge in [-0.3, -0.25) is 4.90 Å². The Balaban J connectivity index is 1.85. The van der Waals surface area contributed by atoms with E-state index in [2.05, 4.69) is 11.8 Å². The second-order valence-electron chi connectivity index (χ2n) is 4.94. The fourth-order valence-electron chi connectivity index (χ4n) is 2.38. The van der Waals surface area contributed by atoms with Crippen molar-refractivity contribution >= 4 is 17.3 Å². The van der Waals surface area contributed by atoms with Gasteiger partial charge in [-0.2, -0.15) is 0 Å². The van der Waals surface area contributed by atoms with E-state index in [-0.39, 0.29) is 0 Å². The summed E-state index contributed by atoms with van der Waals surface area (Å²) in [4.78, 5) is 14.8. The fourth-order valence-corrected chi connectivity index (χ4v) is 3.26. The Kier molecular flexibility index (Phi) is 5.36. The predicted octanol–water partition coefficient (Wildman–Crippen LogP) is 2.84. The first-order valence-corrected chi connectivity index (χ1v) is 7.66. The van der Waals surface area contributed by atoms with E-state index in [0.29, 0.717) is 11.0 Å². The van der Waals surface area contributed by atoms with Crippen LogP contribution in [-0.4, -0.2) is 41.8 Å². The predicted molar refractivity (Wildman–Crippen MR) is 75.8 cm³/mol. The van der Waals surface area contributed by atoms with Crippen LogP contribution < -0.4 is 0 Å². The van der Waals surface area contributed by atoms with Gasteiger partial charge in [0.25, 0.3) is 0 Å². The van der Waals surface area contributed by atoms with Gasteiger partial charge in [0.2, 0.25) is 0 Å². The maximum Gasteiger partial charge on any atom is 0.345 e. The molecule has 5 heteroatoms. The van der Waals surface area contributed by atoms with Crippen molar-refractivity contribution in [2.24, 2.45) is 0 Å². The Morgan fingerprint density at radius 3 is 3.11 bits per heavy atom. The van der Waals surface area contributed by atoms with Gasteiger partial charge >= 0.3 is 5.97 Å². The molecule has 1 saturated heterocycles. The molecule has 4 nitrogen and oxygen atoms in total. The SMILES string of the molecule is CCCOC1CCCN(Cc2ccc(C(=O)O)s2)C1. The van der Waals surface area contributed by atoms with E-state index >= 15 is 0 Å². The van der Waals surface area contributed by atoms with E-state index in [1.54, 1.807) is 6.07 Å². The maximum atomic E-state index is 10.9. The molecule has 1 aromatic heterocycles. The summed E-state index contributed by atoms with van der Waals surface area (Å²) >= 11 is 1.37. The highest BCUT2D eigenvalue weighted by Crippen LogP contribution is 2.21. The van der Waals surface area contributed by atoms with E-state index < -0.39 is 5.97 Å². The minimum absolute atomic E-state index is 0.340. The van der Waals surface area contributed by atoms with Gasteiger partial charge in [-0.05, 0) is 37.9 Å². The first-order valence-electron chi connectivity index (χ1n) is 6.85. The number of rotatable bonds is 6. The second-order valence-corrected chi connectivity index (χ2v) is 6.11. The summed E-state index contributed by atoms with van der Waals surface area (Å²) in [5, 5.41) is 8.92. The highest BCUT2D eigenvalue weighted by atomic mass is 32.1. The van der Waals surface area contributed by atoms with Crippen molar-refractivity contribution in [3.63, 3.8) is 0 Å². The third kappa shape index (κ3) is 4.30. The van der Waals surface area contributed by atoms with Gasteiger partial charge in [0.05, 0.1) is 6.10 Å². The van der Waals surface area contributed by atoms with Crippen LogP contribution in [-0.2, 0) is 11.3 Å². The average Bonchev–Trinajstić information content (AvgIpc) is 2.85. The molecule has 1 aliphatic heterocycles. The highest BCUT2D eigenvalue weighted by Gasteiger charge is 2.20. The van der Waals surface area contributed by atoms with Crippen molar-refractivity contribution in [2.75, 3.05) is 19.7 Å². The molecule has 0 radical (unpaired) electrons. The zero-order valence-electron chi connectivity index (χ0n) is 11.3. The van der Waals surface area contributed by atoms with Crippen LogP contribution in [0.15, 0.2) is 12.1 Å². The summed E-state index contributed by atoms with van der Waals surface area (Å²) in [5.41, 5.74) is 0. The van der Waals surface area contributed by atoms with Crippen LogP contribution in [0.4, 0.5) is 0 Å². The molecular formula is C14H21NO3S. The van der Waals surface area contributed by atoms with Crippen molar-refractivity contribution in [3.8, 4) is 0 Å². The molecule has 0 amide bonds. The molecule has 1 aromatic rings. The Morgan fingerprint density at radius 2 is 2.42 bits per heavy atom. The normalized spacial score (nSPS) is 20.6. The number of carbonyl (C=O) groups is 1. The Bertz CT molecular complexity index is 419. The summed E-state index contributed by atoms with van der Waals surface area (Å²) in [6, 6.07) is 3.61. The molecule has 1 aliphatic rings. The number of hydrogen-bond acceptors (Lipinski definition) is 4. The van der Waals surface area contributed by atoms with Gasteiger partial charge in [-0.25, -0.2) is 4.79 Å². The number of hydrogen-bond donors (Lipinski definition) is 1. The molecule has 1 unspecified atom stereocenters. The quantitative estimate of drug-likeness (QED) is 0.872. The topological polar surface area (TPSA) is 49.8 Å². The van der Waals surface area contributed by atoms with Crippen LogP contribution in [0, 0.1) is 0 Å². The molecule has 106 valence electrons. The molecule has 1 atom stereocenters. The monoisotopic (exact) mass is 283 g/mol. The molecule has 2 heterocycles. The van der Waals surface area contributed by atoms with Gasteiger partial charge in [0.1, 0.15) is 4.88 Å². The largest absolute Gasteiger partial charge is 0.477 e. The lowest BCUT2D eigenvalue weighted by molar-refractivity contribution is -0.00198. The number of carboxylic acid groups (broad SMARTS) is 1. The summed E-state index contributed by atoms with van der Waals surface area (Å²) in [5.74, 6) is -0.834. The zero-order chi connectivity index (χ0) is 13.7. The first-order chi connectivity index (χ1) is 9.19. The number of likely N-dealkylation sites (tertiary alicyclic amines) is 1. The average molecular weight is 283 g/mol. The smallest absolute Gasteiger partial charge is 0.345 e.